The lowest BCUT2D eigenvalue weighted by Crippen LogP contribution is -1.98. The van der Waals surface area contributed by atoms with Crippen LogP contribution in [0.2, 0.25) is 5.02 Å². The third-order valence-corrected chi connectivity index (χ3v) is 4.94. The molecular weight excluding hydrogens is 402 g/mol. The summed E-state index contributed by atoms with van der Waals surface area (Å²) in [5, 5.41) is 4.79. The Morgan fingerprint density at radius 3 is 2.36 bits per heavy atom. The highest BCUT2D eigenvalue weighted by Gasteiger charge is 2.00. The van der Waals surface area contributed by atoms with Crippen LogP contribution in [0.1, 0.15) is 5.56 Å². The minimum absolute atomic E-state index is 0. The molecule has 0 bridgehead atoms. The van der Waals surface area contributed by atoms with Gasteiger partial charge in [-0.2, -0.15) is 4.98 Å². The number of anilines is 2. The molecule has 0 atom stereocenters. The van der Waals surface area contributed by atoms with Gasteiger partial charge in [-0.25, -0.2) is 4.99 Å². The highest BCUT2D eigenvalue weighted by atomic mass is 79.9. The molecule has 7 heteroatoms. The van der Waals surface area contributed by atoms with Gasteiger partial charge in [0, 0.05) is 10.7 Å². The average molecular weight is 415 g/mol. The molecule has 3 aromatic rings. The smallest absolute Gasteiger partial charge is 0.222 e. The lowest BCUT2D eigenvalue weighted by atomic mass is 10.2. The summed E-state index contributed by atoms with van der Waals surface area (Å²) in [4.78, 5) is 9.74. The predicted octanol–water partition coefficient (Wildman–Crippen LogP) is 5.72. The van der Waals surface area contributed by atoms with E-state index in [0.717, 1.165) is 26.3 Å². The number of nitrogens with zero attached hydrogens (tertiary/aromatic N) is 2. The van der Waals surface area contributed by atoms with Gasteiger partial charge in [0.1, 0.15) is 0 Å². The van der Waals surface area contributed by atoms with Crippen LogP contribution in [-0.4, -0.2) is 4.98 Å². The van der Waals surface area contributed by atoms with Crippen LogP contribution in [0.15, 0.2) is 53.5 Å². The summed E-state index contributed by atoms with van der Waals surface area (Å²) in [7, 11) is 3.11. The van der Waals surface area contributed by atoms with Crippen LogP contribution >= 0.6 is 49.3 Å². The molecule has 3 nitrogen and oxygen atoms in total. The summed E-state index contributed by atoms with van der Waals surface area (Å²) >= 11 is 5.87. The molecule has 0 aliphatic rings. The van der Waals surface area contributed by atoms with Crippen LogP contribution in [0.4, 0.5) is 16.5 Å². The number of hydrogen-bond acceptors (Lipinski definition) is 5. The lowest BCUT2D eigenvalue weighted by Gasteiger charge is -2.00. The van der Waals surface area contributed by atoms with Gasteiger partial charge >= 0.3 is 0 Å². The Morgan fingerprint density at radius 1 is 1.00 bits per heavy atom. The molecule has 0 radical (unpaired) electrons. The quantitative estimate of drug-likeness (QED) is 0.556. The van der Waals surface area contributed by atoms with E-state index in [0.29, 0.717) is 0 Å². The third kappa shape index (κ3) is 4.64. The molecular formula is C15H13BrClN3S2. The average Bonchev–Trinajstić information content (AvgIpc) is 2.91. The van der Waals surface area contributed by atoms with E-state index in [1.165, 1.54) is 5.56 Å². The molecule has 1 N–H and O–H groups in total. The Morgan fingerprint density at radius 2 is 1.68 bits per heavy atom. The molecule has 22 heavy (non-hydrogen) atoms. The van der Waals surface area contributed by atoms with E-state index in [1.807, 2.05) is 48.5 Å². The molecule has 0 unspecified atom stereocenters. The second kappa shape index (κ2) is 7.87. The zero-order valence-electron chi connectivity index (χ0n) is 11.6. The summed E-state index contributed by atoms with van der Waals surface area (Å²) in [6.07, 6.45) is 0. The molecule has 114 valence electrons. The molecule has 0 aliphatic carbocycles. The Balaban J connectivity index is 0.00000176. The predicted molar refractivity (Wildman–Crippen MR) is 101 cm³/mol. The molecule has 3 rings (SSSR count). The molecule has 0 amide bonds. The standard InChI is InChI=1S/C15H12ClN3S2.BrH/c1-10-2-6-12(7-3-10)17-14-19-15(21-20-14)18-13-8-4-11(16)5-9-13;/h2-9H,1H3,(H,17,18,19);1H. The van der Waals surface area contributed by atoms with Gasteiger partial charge < -0.3 is 5.32 Å². The molecule has 1 aromatic heterocycles. The fraction of sp³-hybridized carbons (Fsp3) is 0.0667. The van der Waals surface area contributed by atoms with E-state index in [9.17, 15) is 0 Å². The number of aromatic nitrogens is 1. The fourth-order valence-electron chi connectivity index (χ4n) is 1.68. The largest absolute Gasteiger partial charge is 0.331 e. The third-order valence-electron chi connectivity index (χ3n) is 2.75. The Hall–Kier alpha value is -1.21. The van der Waals surface area contributed by atoms with Gasteiger partial charge in [0.05, 0.1) is 5.69 Å². The number of nitrogens with one attached hydrogen (secondary N) is 1. The van der Waals surface area contributed by atoms with E-state index in [2.05, 4.69) is 22.2 Å². The molecule has 0 aliphatic heterocycles. The summed E-state index contributed by atoms with van der Waals surface area (Å²) in [6, 6.07) is 15.6. The zero-order chi connectivity index (χ0) is 14.7. The van der Waals surface area contributed by atoms with Gasteiger partial charge in [-0.15, -0.1) is 17.0 Å². The number of halogens is 2. The van der Waals surface area contributed by atoms with Crippen LogP contribution in [0.25, 0.3) is 0 Å². The van der Waals surface area contributed by atoms with Gasteiger partial charge in [0.15, 0.2) is 5.13 Å². The van der Waals surface area contributed by atoms with Crippen LogP contribution in [0, 0.1) is 6.92 Å². The van der Waals surface area contributed by atoms with Gasteiger partial charge in [0.2, 0.25) is 4.80 Å². The summed E-state index contributed by atoms with van der Waals surface area (Å²) in [5.41, 5.74) is 3.10. The Bertz CT molecular complexity index is 795. The summed E-state index contributed by atoms with van der Waals surface area (Å²) in [6.45, 7) is 2.06. The highest BCUT2D eigenvalue weighted by molar-refractivity contribution is 8.93. The van der Waals surface area contributed by atoms with E-state index in [1.54, 1.807) is 20.7 Å². The van der Waals surface area contributed by atoms with Crippen molar-refractivity contribution in [2.75, 3.05) is 5.32 Å². The summed E-state index contributed by atoms with van der Waals surface area (Å²) < 4.78 is 0. The van der Waals surface area contributed by atoms with Crippen molar-refractivity contribution in [1.82, 2.24) is 4.98 Å². The Labute approximate surface area is 151 Å². The van der Waals surface area contributed by atoms with Gasteiger partial charge in [0.25, 0.3) is 0 Å². The van der Waals surface area contributed by atoms with Gasteiger partial charge in [-0.05, 0) is 64.0 Å². The van der Waals surface area contributed by atoms with Crippen molar-refractivity contribution in [3.05, 3.63) is 63.9 Å². The molecule has 0 fully saturated rings. The van der Waals surface area contributed by atoms with Crippen molar-refractivity contribution in [3.63, 3.8) is 0 Å². The maximum absolute atomic E-state index is 5.87. The zero-order valence-corrected chi connectivity index (χ0v) is 15.7. The van der Waals surface area contributed by atoms with E-state index in [-0.39, 0.29) is 17.0 Å². The van der Waals surface area contributed by atoms with Crippen molar-refractivity contribution in [1.29, 1.82) is 0 Å². The normalized spacial score (nSPS) is 11.1. The second-order valence-corrected chi connectivity index (χ2v) is 6.97. The van der Waals surface area contributed by atoms with Crippen molar-refractivity contribution in [2.24, 2.45) is 4.99 Å². The van der Waals surface area contributed by atoms with Crippen LogP contribution in [0.3, 0.4) is 0 Å². The summed E-state index contributed by atoms with van der Waals surface area (Å²) in [5.74, 6) is 0. The van der Waals surface area contributed by atoms with E-state index >= 15 is 0 Å². The first kappa shape index (κ1) is 17.1. The van der Waals surface area contributed by atoms with Gasteiger partial charge in [-0.1, -0.05) is 29.3 Å². The molecule has 1 heterocycles. The second-order valence-electron chi connectivity index (χ2n) is 4.45. The SMILES string of the molecule is Br.Cc1ccc(N=c2nc(Nc3ccc(Cl)cc3)ss2)cc1. The van der Waals surface area contributed by atoms with Crippen molar-refractivity contribution >= 4 is 65.8 Å². The monoisotopic (exact) mass is 413 g/mol. The van der Waals surface area contributed by atoms with E-state index in [4.69, 9.17) is 11.6 Å². The molecule has 0 saturated heterocycles. The maximum atomic E-state index is 5.87. The highest BCUT2D eigenvalue weighted by Crippen LogP contribution is 2.21. The fourth-order valence-corrected chi connectivity index (χ4v) is 3.49. The van der Waals surface area contributed by atoms with Crippen LogP contribution < -0.4 is 10.1 Å². The number of hydrogen-bond donors (Lipinski definition) is 1. The molecule has 0 spiro atoms. The number of rotatable bonds is 3. The van der Waals surface area contributed by atoms with Gasteiger partial charge in [-0.3, -0.25) is 0 Å². The number of benzene rings is 2. The Kier molecular flexibility index (Phi) is 6.14. The molecule has 2 aromatic carbocycles. The van der Waals surface area contributed by atoms with Crippen LogP contribution in [0.5, 0.6) is 0 Å². The van der Waals surface area contributed by atoms with Crippen molar-refractivity contribution in [2.45, 2.75) is 6.92 Å². The maximum Gasteiger partial charge on any atom is 0.222 e. The topological polar surface area (TPSA) is 37.3 Å². The first-order valence-corrected chi connectivity index (χ1v) is 8.83. The van der Waals surface area contributed by atoms with Crippen molar-refractivity contribution < 1.29 is 0 Å². The van der Waals surface area contributed by atoms with Crippen molar-refractivity contribution in [3.8, 4) is 0 Å². The van der Waals surface area contributed by atoms with E-state index < -0.39 is 0 Å². The lowest BCUT2D eigenvalue weighted by molar-refractivity contribution is 1.23. The first-order chi connectivity index (χ1) is 10.2. The minimum Gasteiger partial charge on any atom is -0.331 e. The number of aryl methyl sites for hydroxylation is 1. The first-order valence-electron chi connectivity index (χ1n) is 6.30. The molecule has 0 saturated carbocycles. The van der Waals surface area contributed by atoms with Crippen LogP contribution in [-0.2, 0) is 0 Å². The minimum atomic E-state index is 0.